The highest BCUT2D eigenvalue weighted by atomic mass is 32.2. The molecule has 0 aliphatic heterocycles. The van der Waals surface area contributed by atoms with Gasteiger partial charge < -0.3 is 5.73 Å². The minimum atomic E-state index is -1.16. The molecule has 3 aromatic rings. The molecule has 3 rings (SSSR count). The van der Waals surface area contributed by atoms with Gasteiger partial charge in [-0.25, -0.2) is 4.98 Å². The van der Waals surface area contributed by atoms with Crippen molar-refractivity contribution in [3.63, 3.8) is 0 Å². The summed E-state index contributed by atoms with van der Waals surface area (Å²) in [7, 11) is -1.16. The Morgan fingerprint density at radius 2 is 2.32 bits per heavy atom. The molecule has 0 saturated carbocycles. The summed E-state index contributed by atoms with van der Waals surface area (Å²) in [5, 5.41) is 1.97. The van der Waals surface area contributed by atoms with Crippen molar-refractivity contribution in [2.45, 2.75) is 17.6 Å². The lowest BCUT2D eigenvalue weighted by molar-refractivity contribution is 0.682. The van der Waals surface area contributed by atoms with Crippen LogP contribution in [0.25, 0.3) is 4.96 Å². The summed E-state index contributed by atoms with van der Waals surface area (Å²) < 4.78 is 14.3. The van der Waals surface area contributed by atoms with E-state index < -0.39 is 10.8 Å². The van der Waals surface area contributed by atoms with Crippen molar-refractivity contribution in [2.24, 2.45) is 0 Å². The van der Waals surface area contributed by atoms with E-state index in [0.717, 1.165) is 16.2 Å². The zero-order valence-electron chi connectivity index (χ0n) is 10.4. The lowest BCUT2D eigenvalue weighted by Crippen LogP contribution is -2.02. The average molecular weight is 291 g/mol. The SMILES string of the molecule is Cc1cccc(S(=O)Cc2cn3ccsc3n2)c1N. The van der Waals surface area contributed by atoms with Gasteiger partial charge in [-0.15, -0.1) is 11.3 Å². The Hall–Kier alpha value is -1.66. The second-order valence-corrected chi connectivity index (χ2v) is 6.59. The van der Waals surface area contributed by atoms with Crippen LogP contribution in [-0.2, 0) is 16.6 Å². The Kier molecular flexibility index (Phi) is 3.12. The summed E-state index contributed by atoms with van der Waals surface area (Å²) in [5.74, 6) is 0.391. The van der Waals surface area contributed by atoms with Crippen LogP contribution in [-0.4, -0.2) is 13.6 Å². The number of nitrogen functional groups attached to an aromatic ring is 1. The molecule has 2 N–H and O–H groups in total. The summed E-state index contributed by atoms with van der Waals surface area (Å²) in [6, 6.07) is 5.62. The van der Waals surface area contributed by atoms with Crippen LogP contribution in [0.2, 0.25) is 0 Å². The van der Waals surface area contributed by atoms with Crippen molar-refractivity contribution in [3.8, 4) is 0 Å². The van der Waals surface area contributed by atoms with E-state index in [1.54, 1.807) is 11.3 Å². The predicted molar refractivity (Wildman–Crippen MR) is 78.8 cm³/mol. The number of para-hydroxylation sites is 1. The van der Waals surface area contributed by atoms with Gasteiger partial charge in [0.2, 0.25) is 0 Å². The number of fused-ring (bicyclic) bond motifs is 1. The predicted octanol–water partition coefficient (Wildman–Crippen LogP) is 2.59. The Bertz CT molecular complexity index is 732. The van der Waals surface area contributed by atoms with Crippen LogP contribution in [0.4, 0.5) is 5.69 Å². The molecule has 6 heteroatoms. The molecule has 0 fully saturated rings. The van der Waals surface area contributed by atoms with E-state index in [1.165, 1.54) is 0 Å². The molecule has 0 bridgehead atoms. The van der Waals surface area contributed by atoms with Crippen molar-refractivity contribution in [2.75, 3.05) is 5.73 Å². The summed E-state index contributed by atoms with van der Waals surface area (Å²) in [6.07, 6.45) is 3.86. The minimum Gasteiger partial charge on any atom is -0.398 e. The highest BCUT2D eigenvalue weighted by molar-refractivity contribution is 7.84. The van der Waals surface area contributed by atoms with Gasteiger partial charge in [0.1, 0.15) is 0 Å². The summed E-state index contributed by atoms with van der Waals surface area (Å²) >= 11 is 1.56. The summed E-state index contributed by atoms with van der Waals surface area (Å²) in [5.41, 5.74) is 8.37. The molecular weight excluding hydrogens is 278 g/mol. The highest BCUT2D eigenvalue weighted by Gasteiger charge is 2.12. The number of aromatic nitrogens is 2. The van der Waals surface area contributed by atoms with E-state index in [2.05, 4.69) is 4.98 Å². The highest BCUT2D eigenvalue weighted by Crippen LogP contribution is 2.22. The van der Waals surface area contributed by atoms with Crippen LogP contribution in [0.3, 0.4) is 0 Å². The van der Waals surface area contributed by atoms with E-state index >= 15 is 0 Å². The monoisotopic (exact) mass is 291 g/mol. The zero-order chi connectivity index (χ0) is 13.4. The van der Waals surface area contributed by atoms with Crippen molar-refractivity contribution >= 4 is 32.8 Å². The van der Waals surface area contributed by atoms with Gasteiger partial charge in [-0.2, -0.15) is 0 Å². The van der Waals surface area contributed by atoms with Gasteiger partial charge in [0.15, 0.2) is 4.96 Å². The van der Waals surface area contributed by atoms with Crippen molar-refractivity contribution in [1.29, 1.82) is 0 Å². The molecule has 1 aromatic carbocycles. The number of nitrogens with zero attached hydrogens (tertiary/aromatic N) is 2. The maximum absolute atomic E-state index is 12.4. The molecule has 19 heavy (non-hydrogen) atoms. The van der Waals surface area contributed by atoms with Gasteiger partial charge in [0.25, 0.3) is 0 Å². The van der Waals surface area contributed by atoms with Gasteiger partial charge in [-0.05, 0) is 18.6 Å². The smallest absolute Gasteiger partial charge is 0.193 e. The minimum absolute atomic E-state index is 0.391. The Balaban J connectivity index is 1.88. The molecule has 0 aliphatic carbocycles. The number of thiazole rings is 1. The number of rotatable bonds is 3. The first kappa shape index (κ1) is 12.4. The van der Waals surface area contributed by atoms with Gasteiger partial charge in [-0.3, -0.25) is 8.61 Å². The fourth-order valence-electron chi connectivity index (χ4n) is 1.91. The van der Waals surface area contributed by atoms with Gasteiger partial charge in [0.05, 0.1) is 32.8 Å². The first-order chi connectivity index (χ1) is 9.15. The third-order valence-corrected chi connectivity index (χ3v) is 5.13. The number of aryl methyl sites for hydroxylation is 1. The van der Waals surface area contributed by atoms with Crippen LogP contribution >= 0.6 is 11.3 Å². The normalized spacial score (nSPS) is 12.9. The molecular formula is C13H13N3OS2. The first-order valence-electron chi connectivity index (χ1n) is 5.79. The van der Waals surface area contributed by atoms with Crippen LogP contribution < -0.4 is 5.73 Å². The lowest BCUT2D eigenvalue weighted by atomic mass is 10.2. The lowest BCUT2D eigenvalue weighted by Gasteiger charge is -2.06. The van der Waals surface area contributed by atoms with Crippen molar-refractivity contribution < 1.29 is 4.21 Å². The quantitative estimate of drug-likeness (QED) is 0.755. The second-order valence-electron chi connectivity index (χ2n) is 4.30. The molecule has 0 amide bonds. The fourth-order valence-corrected chi connectivity index (χ4v) is 3.83. The number of imidazole rings is 1. The molecule has 4 nitrogen and oxygen atoms in total. The van der Waals surface area contributed by atoms with Crippen LogP contribution in [0.1, 0.15) is 11.3 Å². The maximum Gasteiger partial charge on any atom is 0.193 e. The second kappa shape index (κ2) is 4.79. The molecule has 0 spiro atoms. The van der Waals surface area contributed by atoms with Crippen LogP contribution in [0, 0.1) is 6.92 Å². The molecule has 1 atom stereocenters. The topological polar surface area (TPSA) is 60.4 Å². The maximum atomic E-state index is 12.4. The molecule has 0 saturated heterocycles. The largest absolute Gasteiger partial charge is 0.398 e. The van der Waals surface area contributed by atoms with Crippen molar-refractivity contribution in [1.82, 2.24) is 9.38 Å². The molecule has 0 aliphatic rings. The average Bonchev–Trinajstić information content (AvgIpc) is 2.93. The molecule has 2 aromatic heterocycles. The molecule has 1 unspecified atom stereocenters. The number of hydrogen-bond donors (Lipinski definition) is 1. The van der Waals surface area contributed by atoms with E-state index in [0.29, 0.717) is 16.3 Å². The number of nitrogens with two attached hydrogens (primary N) is 1. The van der Waals surface area contributed by atoms with Crippen LogP contribution in [0.15, 0.2) is 40.9 Å². The summed E-state index contributed by atoms with van der Waals surface area (Å²) in [4.78, 5) is 6.05. The third kappa shape index (κ3) is 2.29. The van der Waals surface area contributed by atoms with E-state index in [1.807, 2.05) is 47.3 Å². The molecule has 98 valence electrons. The third-order valence-electron chi connectivity index (χ3n) is 2.95. The van der Waals surface area contributed by atoms with Crippen LogP contribution in [0.5, 0.6) is 0 Å². The van der Waals surface area contributed by atoms with Gasteiger partial charge >= 0.3 is 0 Å². The molecule has 2 heterocycles. The van der Waals surface area contributed by atoms with E-state index in [-0.39, 0.29) is 0 Å². The number of anilines is 1. The number of hydrogen-bond acceptors (Lipinski definition) is 4. The number of benzene rings is 1. The fraction of sp³-hybridized carbons (Fsp3) is 0.154. The summed E-state index contributed by atoms with van der Waals surface area (Å²) in [6.45, 7) is 1.92. The van der Waals surface area contributed by atoms with E-state index in [4.69, 9.17) is 5.73 Å². The molecule has 0 radical (unpaired) electrons. The Morgan fingerprint density at radius 1 is 1.47 bits per heavy atom. The first-order valence-corrected chi connectivity index (χ1v) is 7.99. The van der Waals surface area contributed by atoms with E-state index in [9.17, 15) is 4.21 Å². The Labute approximate surface area is 117 Å². The Morgan fingerprint density at radius 3 is 3.11 bits per heavy atom. The standard InChI is InChI=1S/C13H13N3OS2/c1-9-3-2-4-11(12(9)14)19(17)8-10-7-16-5-6-18-13(16)15-10/h2-7H,8,14H2,1H3. The van der Waals surface area contributed by atoms with Crippen molar-refractivity contribution in [3.05, 3.63) is 47.2 Å². The van der Waals surface area contributed by atoms with Gasteiger partial charge in [0, 0.05) is 17.8 Å². The zero-order valence-corrected chi connectivity index (χ0v) is 12.0. The van der Waals surface area contributed by atoms with Gasteiger partial charge in [-0.1, -0.05) is 12.1 Å².